The van der Waals surface area contributed by atoms with Crippen LogP contribution in [0.1, 0.15) is 54.1 Å². The van der Waals surface area contributed by atoms with Crippen molar-refractivity contribution >= 4 is 23.4 Å². The standard InChI is InChI=1S/C16H21ClO3/c1-4-20-16(19)12(3)14-8-7-13(10-11(14)2)15(18)6-5-9-17/h7-8,10,12H,4-6,9H2,1-3H3. The van der Waals surface area contributed by atoms with Crippen LogP contribution in [-0.4, -0.2) is 24.2 Å². The predicted octanol–water partition coefficient (Wildman–Crippen LogP) is 3.86. The van der Waals surface area contributed by atoms with Crippen molar-refractivity contribution in [3.05, 3.63) is 34.9 Å². The van der Waals surface area contributed by atoms with E-state index in [0.29, 0.717) is 30.9 Å². The van der Waals surface area contributed by atoms with Crippen LogP contribution in [0.4, 0.5) is 0 Å². The van der Waals surface area contributed by atoms with Gasteiger partial charge in [-0.05, 0) is 44.4 Å². The summed E-state index contributed by atoms with van der Waals surface area (Å²) >= 11 is 5.59. The van der Waals surface area contributed by atoms with Gasteiger partial charge in [0.05, 0.1) is 12.5 Å². The van der Waals surface area contributed by atoms with Crippen LogP contribution in [0.2, 0.25) is 0 Å². The molecular weight excluding hydrogens is 276 g/mol. The number of carbonyl (C=O) groups excluding carboxylic acids is 2. The second kappa shape index (κ2) is 8.05. The van der Waals surface area contributed by atoms with E-state index in [2.05, 4.69) is 0 Å². The van der Waals surface area contributed by atoms with Crippen LogP contribution in [0.15, 0.2) is 18.2 Å². The number of alkyl halides is 1. The first kappa shape index (κ1) is 16.7. The van der Waals surface area contributed by atoms with Crippen molar-refractivity contribution in [1.29, 1.82) is 0 Å². The third-order valence-electron chi connectivity index (χ3n) is 3.24. The zero-order chi connectivity index (χ0) is 15.1. The number of rotatable bonds is 7. The Morgan fingerprint density at radius 3 is 2.60 bits per heavy atom. The highest BCUT2D eigenvalue weighted by Crippen LogP contribution is 2.22. The maximum absolute atomic E-state index is 11.9. The van der Waals surface area contributed by atoms with Crippen molar-refractivity contribution in [3.63, 3.8) is 0 Å². The topological polar surface area (TPSA) is 43.4 Å². The third-order valence-corrected chi connectivity index (χ3v) is 3.50. The van der Waals surface area contributed by atoms with Gasteiger partial charge in [0, 0.05) is 17.9 Å². The van der Waals surface area contributed by atoms with Crippen LogP contribution in [0.25, 0.3) is 0 Å². The van der Waals surface area contributed by atoms with Gasteiger partial charge >= 0.3 is 5.97 Å². The molecule has 110 valence electrons. The zero-order valence-corrected chi connectivity index (χ0v) is 13.0. The van der Waals surface area contributed by atoms with Gasteiger partial charge in [-0.1, -0.05) is 12.1 Å². The van der Waals surface area contributed by atoms with Gasteiger partial charge in [0.25, 0.3) is 0 Å². The molecule has 0 spiro atoms. The van der Waals surface area contributed by atoms with Crippen molar-refractivity contribution in [2.45, 2.75) is 39.5 Å². The summed E-state index contributed by atoms with van der Waals surface area (Å²) in [6.07, 6.45) is 1.14. The maximum atomic E-state index is 11.9. The molecule has 1 aromatic rings. The normalized spacial score (nSPS) is 12.0. The Balaban J connectivity index is 2.87. The summed E-state index contributed by atoms with van der Waals surface area (Å²) < 4.78 is 5.02. The lowest BCUT2D eigenvalue weighted by atomic mass is 9.93. The summed E-state index contributed by atoms with van der Waals surface area (Å²) in [7, 11) is 0. The van der Waals surface area contributed by atoms with Gasteiger partial charge in [-0.3, -0.25) is 9.59 Å². The summed E-state index contributed by atoms with van der Waals surface area (Å²) in [6.45, 7) is 5.88. The number of hydrogen-bond donors (Lipinski definition) is 0. The first-order valence-electron chi connectivity index (χ1n) is 6.87. The van der Waals surface area contributed by atoms with E-state index in [1.807, 2.05) is 26.0 Å². The molecule has 0 fully saturated rings. The first-order valence-corrected chi connectivity index (χ1v) is 7.41. The number of ether oxygens (including phenoxy) is 1. The SMILES string of the molecule is CCOC(=O)C(C)c1ccc(C(=O)CCCCl)cc1C. The van der Waals surface area contributed by atoms with Crippen molar-refractivity contribution in [1.82, 2.24) is 0 Å². The average Bonchev–Trinajstić information content (AvgIpc) is 2.44. The fourth-order valence-corrected chi connectivity index (χ4v) is 2.23. The lowest BCUT2D eigenvalue weighted by molar-refractivity contribution is -0.144. The van der Waals surface area contributed by atoms with Crippen molar-refractivity contribution in [2.75, 3.05) is 12.5 Å². The number of carbonyl (C=O) groups is 2. The second-order valence-electron chi connectivity index (χ2n) is 4.76. The number of benzene rings is 1. The van der Waals surface area contributed by atoms with E-state index >= 15 is 0 Å². The molecule has 4 heteroatoms. The second-order valence-corrected chi connectivity index (χ2v) is 5.14. The summed E-state index contributed by atoms with van der Waals surface area (Å²) in [5.74, 6) is 0.0192. The molecule has 20 heavy (non-hydrogen) atoms. The molecule has 1 aromatic carbocycles. The summed E-state index contributed by atoms with van der Waals surface area (Å²) in [4.78, 5) is 23.7. The van der Waals surface area contributed by atoms with Gasteiger partial charge in [-0.2, -0.15) is 0 Å². The van der Waals surface area contributed by atoms with Crippen molar-refractivity contribution in [3.8, 4) is 0 Å². The summed E-state index contributed by atoms with van der Waals surface area (Å²) in [6, 6.07) is 5.45. The zero-order valence-electron chi connectivity index (χ0n) is 12.2. The number of esters is 1. The third kappa shape index (κ3) is 4.34. The van der Waals surface area contributed by atoms with Gasteiger partial charge in [-0.15, -0.1) is 11.6 Å². The minimum Gasteiger partial charge on any atom is -0.466 e. The summed E-state index contributed by atoms with van der Waals surface area (Å²) in [5.41, 5.74) is 2.51. The molecule has 0 saturated carbocycles. The summed E-state index contributed by atoms with van der Waals surface area (Å²) in [5, 5.41) is 0. The number of halogens is 1. The minimum absolute atomic E-state index is 0.0871. The van der Waals surface area contributed by atoms with E-state index < -0.39 is 0 Å². The van der Waals surface area contributed by atoms with E-state index in [1.54, 1.807) is 13.0 Å². The van der Waals surface area contributed by atoms with Gasteiger partial charge in [0.1, 0.15) is 0 Å². The highest BCUT2D eigenvalue weighted by Gasteiger charge is 2.19. The fraction of sp³-hybridized carbons (Fsp3) is 0.500. The van der Waals surface area contributed by atoms with E-state index in [9.17, 15) is 9.59 Å². The van der Waals surface area contributed by atoms with Crippen LogP contribution < -0.4 is 0 Å². The Kier molecular flexibility index (Phi) is 6.73. The van der Waals surface area contributed by atoms with Crippen LogP contribution >= 0.6 is 11.6 Å². The Labute approximate surface area is 125 Å². The lowest BCUT2D eigenvalue weighted by Crippen LogP contribution is -2.14. The molecule has 1 atom stereocenters. The van der Waals surface area contributed by atoms with E-state index in [1.165, 1.54) is 0 Å². The Hall–Kier alpha value is -1.35. The Morgan fingerprint density at radius 2 is 2.05 bits per heavy atom. The largest absolute Gasteiger partial charge is 0.466 e. The molecule has 0 bridgehead atoms. The molecule has 0 aliphatic heterocycles. The Bertz CT molecular complexity index is 483. The predicted molar refractivity (Wildman–Crippen MR) is 80.5 cm³/mol. The average molecular weight is 297 g/mol. The molecule has 0 aromatic heterocycles. The van der Waals surface area contributed by atoms with Crippen LogP contribution in [-0.2, 0) is 9.53 Å². The molecule has 0 saturated heterocycles. The van der Waals surface area contributed by atoms with Crippen molar-refractivity contribution in [2.24, 2.45) is 0 Å². The molecule has 0 radical (unpaired) electrons. The molecule has 1 rings (SSSR count). The van der Waals surface area contributed by atoms with Crippen LogP contribution in [0.3, 0.4) is 0 Å². The highest BCUT2D eigenvalue weighted by molar-refractivity contribution is 6.18. The number of Topliss-reactive ketones (excluding diaryl/α,β-unsaturated/α-hetero) is 1. The molecule has 1 unspecified atom stereocenters. The fourth-order valence-electron chi connectivity index (χ4n) is 2.10. The molecule has 0 heterocycles. The van der Waals surface area contributed by atoms with Gasteiger partial charge in [0.15, 0.2) is 5.78 Å². The highest BCUT2D eigenvalue weighted by atomic mass is 35.5. The number of hydrogen-bond acceptors (Lipinski definition) is 3. The van der Waals surface area contributed by atoms with Gasteiger partial charge in [-0.25, -0.2) is 0 Å². The number of ketones is 1. The smallest absolute Gasteiger partial charge is 0.313 e. The quantitative estimate of drug-likeness (QED) is 0.436. The Morgan fingerprint density at radius 1 is 1.35 bits per heavy atom. The van der Waals surface area contributed by atoms with Crippen molar-refractivity contribution < 1.29 is 14.3 Å². The molecule has 0 N–H and O–H groups in total. The van der Waals surface area contributed by atoms with Gasteiger partial charge in [0.2, 0.25) is 0 Å². The maximum Gasteiger partial charge on any atom is 0.313 e. The molecular formula is C16H21ClO3. The molecule has 3 nitrogen and oxygen atoms in total. The van der Waals surface area contributed by atoms with E-state index in [0.717, 1.165) is 11.1 Å². The van der Waals surface area contributed by atoms with Crippen LogP contribution in [0, 0.1) is 6.92 Å². The lowest BCUT2D eigenvalue weighted by Gasteiger charge is -2.14. The molecule has 0 aliphatic carbocycles. The van der Waals surface area contributed by atoms with Gasteiger partial charge < -0.3 is 4.74 Å². The first-order chi connectivity index (χ1) is 9.51. The minimum atomic E-state index is -0.318. The van der Waals surface area contributed by atoms with E-state index in [4.69, 9.17) is 16.3 Å². The molecule has 0 aliphatic rings. The number of aryl methyl sites for hydroxylation is 1. The van der Waals surface area contributed by atoms with Crippen LogP contribution in [0.5, 0.6) is 0 Å². The monoisotopic (exact) mass is 296 g/mol. The molecule has 0 amide bonds. The van der Waals surface area contributed by atoms with E-state index in [-0.39, 0.29) is 17.7 Å².